The third-order valence-corrected chi connectivity index (χ3v) is 2.58. The first kappa shape index (κ1) is 13.1. The number of alkyl halides is 3. The smallest absolute Gasteiger partial charge is 0.160 e. The zero-order valence-electron chi connectivity index (χ0n) is 7.99. The van der Waals surface area contributed by atoms with E-state index in [0.29, 0.717) is 6.42 Å². The SMILES string of the molecule is CCCCCCCCSC(F)(F)F. The summed E-state index contributed by atoms with van der Waals surface area (Å²) in [5.41, 5.74) is -4.04. The van der Waals surface area contributed by atoms with E-state index in [0.717, 1.165) is 19.3 Å². The van der Waals surface area contributed by atoms with Gasteiger partial charge in [-0.05, 0) is 6.42 Å². The minimum atomic E-state index is -4.04. The lowest BCUT2D eigenvalue weighted by molar-refractivity contribution is -0.0328. The average Bonchev–Trinajstić information content (AvgIpc) is 2.01. The van der Waals surface area contributed by atoms with E-state index < -0.39 is 5.51 Å². The van der Waals surface area contributed by atoms with E-state index in [1.165, 1.54) is 12.8 Å². The zero-order valence-corrected chi connectivity index (χ0v) is 8.81. The lowest BCUT2D eigenvalue weighted by atomic mass is 10.1. The number of halogens is 3. The molecule has 0 N–H and O–H groups in total. The Labute approximate surface area is 82.3 Å². The molecule has 0 bridgehead atoms. The van der Waals surface area contributed by atoms with Crippen molar-refractivity contribution >= 4 is 11.8 Å². The highest BCUT2D eigenvalue weighted by Crippen LogP contribution is 2.30. The van der Waals surface area contributed by atoms with Crippen LogP contribution in [-0.2, 0) is 0 Å². The Morgan fingerprint density at radius 3 is 2.00 bits per heavy atom. The van der Waals surface area contributed by atoms with Crippen molar-refractivity contribution in [2.75, 3.05) is 5.75 Å². The number of hydrogen-bond acceptors (Lipinski definition) is 1. The van der Waals surface area contributed by atoms with E-state index >= 15 is 0 Å². The summed E-state index contributed by atoms with van der Waals surface area (Å²) in [7, 11) is 0. The minimum absolute atomic E-state index is 0.0974. The third kappa shape index (κ3) is 12.1. The molecule has 0 rings (SSSR count). The number of unbranched alkanes of at least 4 members (excludes halogenated alkanes) is 5. The van der Waals surface area contributed by atoms with Crippen molar-refractivity contribution in [2.45, 2.75) is 51.0 Å². The maximum Gasteiger partial charge on any atom is 0.441 e. The molecule has 0 saturated heterocycles. The number of hydrogen-bond donors (Lipinski definition) is 0. The van der Waals surface area contributed by atoms with E-state index in [9.17, 15) is 13.2 Å². The number of thioether (sulfide) groups is 1. The summed E-state index contributed by atoms with van der Waals surface area (Å²) in [5, 5.41) is 0. The zero-order chi connectivity index (χ0) is 10.2. The highest BCUT2D eigenvalue weighted by Gasteiger charge is 2.27. The summed E-state index contributed by atoms with van der Waals surface area (Å²) < 4.78 is 34.9. The van der Waals surface area contributed by atoms with Gasteiger partial charge in [-0.15, -0.1) is 0 Å². The van der Waals surface area contributed by atoms with Gasteiger partial charge in [0.25, 0.3) is 0 Å². The molecule has 0 aliphatic carbocycles. The van der Waals surface area contributed by atoms with Crippen molar-refractivity contribution in [3.8, 4) is 0 Å². The fourth-order valence-electron chi connectivity index (χ4n) is 1.07. The molecule has 13 heavy (non-hydrogen) atoms. The highest BCUT2D eigenvalue weighted by molar-refractivity contribution is 8.00. The molecular formula is C9H17F3S. The Balaban J connectivity index is 3.00. The van der Waals surface area contributed by atoms with Gasteiger partial charge in [-0.3, -0.25) is 0 Å². The van der Waals surface area contributed by atoms with Crippen molar-refractivity contribution in [2.24, 2.45) is 0 Å². The van der Waals surface area contributed by atoms with Crippen LogP contribution in [0.3, 0.4) is 0 Å². The molecule has 0 nitrogen and oxygen atoms in total. The Morgan fingerprint density at radius 2 is 1.46 bits per heavy atom. The molecule has 0 atom stereocenters. The first-order valence-corrected chi connectivity index (χ1v) is 5.75. The van der Waals surface area contributed by atoms with Crippen molar-refractivity contribution in [1.29, 1.82) is 0 Å². The fourth-order valence-corrected chi connectivity index (χ4v) is 1.65. The van der Waals surface area contributed by atoms with E-state index in [1.54, 1.807) is 0 Å². The van der Waals surface area contributed by atoms with Crippen LogP contribution in [0.4, 0.5) is 13.2 Å². The second-order valence-corrected chi connectivity index (χ2v) is 4.22. The third-order valence-electron chi connectivity index (χ3n) is 1.76. The van der Waals surface area contributed by atoms with Gasteiger partial charge in [0.1, 0.15) is 0 Å². The first-order chi connectivity index (χ1) is 6.06. The van der Waals surface area contributed by atoms with Crippen LogP contribution in [0.15, 0.2) is 0 Å². The van der Waals surface area contributed by atoms with Crippen molar-refractivity contribution < 1.29 is 13.2 Å². The molecule has 0 aromatic carbocycles. The lowest BCUT2D eigenvalue weighted by Gasteiger charge is -2.04. The Bertz CT molecular complexity index is 112. The molecule has 0 aliphatic heterocycles. The summed E-state index contributed by atoms with van der Waals surface area (Å²) in [4.78, 5) is 0. The second kappa shape index (κ2) is 7.54. The van der Waals surface area contributed by atoms with Gasteiger partial charge in [0.05, 0.1) is 0 Å². The molecule has 0 unspecified atom stereocenters. The summed E-state index contributed by atoms with van der Waals surface area (Å²) in [6.07, 6.45) is 6.24. The second-order valence-electron chi connectivity index (χ2n) is 3.06. The van der Waals surface area contributed by atoms with Gasteiger partial charge in [0.2, 0.25) is 0 Å². The van der Waals surface area contributed by atoms with Crippen LogP contribution in [0, 0.1) is 0 Å². The van der Waals surface area contributed by atoms with Crippen LogP contribution in [0.1, 0.15) is 45.4 Å². The van der Waals surface area contributed by atoms with Crippen LogP contribution in [0.2, 0.25) is 0 Å². The van der Waals surface area contributed by atoms with Crippen molar-refractivity contribution in [1.82, 2.24) is 0 Å². The Kier molecular flexibility index (Phi) is 7.62. The van der Waals surface area contributed by atoms with Crippen LogP contribution in [0.5, 0.6) is 0 Å². The predicted molar refractivity (Wildman–Crippen MR) is 51.9 cm³/mol. The van der Waals surface area contributed by atoms with Crippen LogP contribution >= 0.6 is 11.8 Å². The standard InChI is InChI=1S/C9H17F3S/c1-2-3-4-5-6-7-8-13-9(10,11)12/h2-8H2,1H3. The summed E-state index contributed by atoms with van der Waals surface area (Å²) in [6, 6.07) is 0. The summed E-state index contributed by atoms with van der Waals surface area (Å²) >= 11 is 0.0974. The molecule has 0 saturated carbocycles. The van der Waals surface area contributed by atoms with Crippen LogP contribution in [0.25, 0.3) is 0 Å². The Hall–Kier alpha value is 0.140. The first-order valence-electron chi connectivity index (χ1n) is 4.77. The van der Waals surface area contributed by atoms with Gasteiger partial charge in [-0.25, -0.2) is 0 Å². The summed E-state index contributed by atoms with van der Waals surface area (Å²) in [5.74, 6) is 0.218. The average molecular weight is 214 g/mol. The van der Waals surface area contributed by atoms with Crippen LogP contribution in [-0.4, -0.2) is 11.3 Å². The van der Waals surface area contributed by atoms with Crippen LogP contribution < -0.4 is 0 Å². The molecule has 0 aliphatic rings. The van der Waals surface area contributed by atoms with Gasteiger partial charge >= 0.3 is 5.51 Å². The summed E-state index contributed by atoms with van der Waals surface area (Å²) in [6.45, 7) is 2.12. The molecule has 0 spiro atoms. The molecule has 4 heteroatoms. The van der Waals surface area contributed by atoms with Gasteiger partial charge < -0.3 is 0 Å². The lowest BCUT2D eigenvalue weighted by Crippen LogP contribution is -2.01. The van der Waals surface area contributed by atoms with Crippen molar-refractivity contribution in [3.05, 3.63) is 0 Å². The molecule has 0 radical (unpaired) electrons. The molecule has 0 fully saturated rings. The molecule has 0 aromatic rings. The van der Waals surface area contributed by atoms with Gasteiger partial charge in [-0.2, -0.15) is 13.2 Å². The monoisotopic (exact) mass is 214 g/mol. The normalized spacial score (nSPS) is 12.0. The topological polar surface area (TPSA) is 0 Å². The molecular weight excluding hydrogens is 197 g/mol. The molecule has 80 valence electrons. The predicted octanol–water partition coefficient (Wildman–Crippen LogP) is 4.60. The van der Waals surface area contributed by atoms with Gasteiger partial charge in [-0.1, -0.05) is 50.8 Å². The molecule has 0 heterocycles. The Morgan fingerprint density at radius 1 is 0.923 bits per heavy atom. The van der Waals surface area contributed by atoms with E-state index in [1.807, 2.05) is 0 Å². The van der Waals surface area contributed by atoms with Gasteiger partial charge in [0, 0.05) is 5.75 Å². The maximum absolute atomic E-state index is 11.6. The fraction of sp³-hybridized carbons (Fsp3) is 1.00. The van der Waals surface area contributed by atoms with Crippen molar-refractivity contribution in [3.63, 3.8) is 0 Å². The quantitative estimate of drug-likeness (QED) is 0.558. The van der Waals surface area contributed by atoms with E-state index in [2.05, 4.69) is 6.92 Å². The van der Waals surface area contributed by atoms with E-state index in [4.69, 9.17) is 0 Å². The van der Waals surface area contributed by atoms with Gasteiger partial charge in [0.15, 0.2) is 0 Å². The largest absolute Gasteiger partial charge is 0.441 e. The molecule has 0 aromatic heterocycles. The minimum Gasteiger partial charge on any atom is -0.160 e. The highest BCUT2D eigenvalue weighted by atomic mass is 32.2. The van der Waals surface area contributed by atoms with E-state index in [-0.39, 0.29) is 17.5 Å². The maximum atomic E-state index is 11.6. The number of rotatable bonds is 7. The molecule has 0 amide bonds.